The van der Waals surface area contributed by atoms with E-state index in [0.29, 0.717) is 42.1 Å². The first-order valence-electron chi connectivity index (χ1n) is 10.2. The Labute approximate surface area is 176 Å². The number of hydrogen-bond acceptors (Lipinski definition) is 4. The number of hydrogen-bond donors (Lipinski definition) is 2. The molecule has 0 spiro atoms. The average molecular weight is 412 g/mol. The number of piperidine rings is 1. The number of esters is 1. The van der Waals surface area contributed by atoms with Gasteiger partial charge < -0.3 is 19.9 Å². The molecular weight excluding hydrogens is 382 g/mol. The van der Waals surface area contributed by atoms with Crippen molar-refractivity contribution in [2.24, 2.45) is 5.92 Å². The number of amides is 2. The van der Waals surface area contributed by atoms with Crippen LogP contribution in [0.3, 0.4) is 0 Å². The lowest BCUT2D eigenvalue weighted by atomic mass is 9.96. The van der Waals surface area contributed by atoms with Gasteiger partial charge in [-0.25, -0.2) is 4.79 Å². The predicted molar refractivity (Wildman–Crippen MR) is 113 cm³/mol. The maximum Gasteiger partial charge on any atom is 0.339 e. The van der Waals surface area contributed by atoms with Crippen molar-refractivity contribution in [3.8, 4) is 0 Å². The zero-order chi connectivity index (χ0) is 21.8. The lowest BCUT2D eigenvalue weighted by molar-refractivity contribution is -0.126. The number of methoxy groups -OCH3 is 1. The molecule has 2 amide bonds. The molecule has 1 aromatic carbocycles. The third-order valence-electron chi connectivity index (χ3n) is 5.67. The fourth-order valence-electron chi connectivity index (χ4n) is 4.06. The molecule has 3 rings (SSSR count). The van der Waals surface area contributed by atoms with Gasteiger partial charge in [0.05, 0.1) is 18.6 Å². The van der Waals surface area contributed by atoms with Crippen LogP contribution in [0.5, 0.6) is 0 Å². The van der Waals surface area contributed by atoms with Crippen molar-refractivity contribution in [3.63, 3.8) is 0 Å². The van der Waals surface area contributed by atoms with Gasteiger partial charge in [0.25, 0.3) is 5.91 Å². The van der Waals surface area contributed by atoms with Gasteiger partial charge in [0.15, 0.2) is 0 Å². The highest BCUT2D eigenvalue weighted by Crippen LogP contribution is 2.23. The second-order valence-electron chi connectivity index (χ2n) is 7.91. The van der Waals surface area contributed by atoms with E-state index in [9.17, 15) is 14.4 Å². The number of nitrogens with one attached hydrogen (secondary N) is 2. The largest absolute Gasteiger partial charge is 0.465 e. The molecule has 2 heterocycles. The van der Waals surface area contributed by atoms with Crippen LogP contribution in [0.1, 0.15) is 56.1 Å². The second-order valence-corrected chi connectivity index (χ2v) is 7.91. The second kappa shape index (κ2) is 9.15. The van der Waals surface area contributed by atoms with Crippen LogP contribution in [0.25, 0.3) is 0 Å². The van der Waals surface area contributed by atoms with Crippen molar-refractivity contribution < 1.29 is 19.1 Å². The minimum Gasteiger partial charge on any atom is -0.465 e. The molecule has 1 fully saturated rings. The monoisotopic (exact) mass is 411 g/mol. The maximum absolute atomic E-state index is 13.1. The summed E-state index contributed by atoms with van der Waals surface area (Å²) in [5.74, 6) is -0.943. The first kappa shape index (κ1) is 21.6. The van der Waals surface area contributed by atoms with Crippen molar-refractivity contribution >= 4 is 17.8 Å². The quantitative estimate of drug-likeness (QED) is 0.740. The molecule has 7 nitrogen and oxygen atoms in total. The van der Waals surface area contributed by atoms with E-state index >= 15 is 0 Å². The van der Waals surface area contributed by atoms with E-state index in [2.05, 4.69) is 10.3 Å². The molecule has 160 valence electrons. The molecule has 0 aliphatic carbocycles. The van der Waals surface area contributed by atoms with Crippen LogP contribution in [-0.2, 0) is 16.1 Å². The summed E-state index contributed by atoms with van der Waals surface area (Å²) < 4.78 is 4.82. The normalized spacial score (nSPS) is 16.3. The van der Waals surface area contributed by atoms with Crippen LogP contribution >= 0.6 is 0 Å². The van der Waals surface area contributed by atoms with E-state index in [0.717, 1.165) is 24.0 Å². The molecule has 0 bridgehead atoms. The summed E-state index contributed by atoms with van der Waals surface area (Å²) in [6.45, 7) is 6.93. The summed E-state index contributed by atoms with van der Waals surface area (Å²) in [5.41, 5.74) is 4.17. The van der Waals surface area contributed by atoms with Crippen LogP contribution < -0.4 is 5.32 Å². The third kappa shape index (κ3) is 4.56. The van der Waals surface area contributed by atoms with Crippen LogP contribution in [0.15, 0.2) is 24.3 Å². The van der Waals surface area contributed by atoms with Crippen LogP contribution in [0.2, 0.25) is 0 Å². The summed E-state index contributed by atoms with van der Waals surface area (Å²) in [7, 11) is 1.32. The van der Waals surface area contributed by atoms with Crippen molar-refractivity contribution in [2.45, 2.75) is 40.2 Å². The molecule has 1 aliphatic rings. The number of aromatic amines is 1. The molecule has 1 aliphatic heterocycles. The Bertz CT molecular complexity index is 963. The molecule has 1 unspecified atom stereocenters. The third-order valence-corrected chi connectivity index (χ3v) is 5.67. The lowest BCUT2D eigenvalue weighted by Gasteiger charge is -2.32. The Morgan fingerprint density at radius 3 is 2.70 bits per heavy atom. The van der Waals surface area contributed by atoms with Crippen molar-refractivity contribution in [1.29, 1.82) is 0 Å². The van der Waals surface area contributed by atoms with Gasteiger partial charge in [0.1, 0.15) is 5.69 Å². The SMILES string of the molecule is COC(=O)c1c(C)[nH]c(C(=O)N2CCCC(C(=O)NCc3cccc(C)c3)C2)c1C. The summed E-state index contributed by atoms with van der Waals surface area (Å²) in [4.78, 5) is 42.5. The zero-order valence-electron chi connectivity index (χ0n) is 18.0. The first-order chi connectivity index (χ1) is 14.3. The first-order valence-corrected chi connectivity index (χ1v) is 10.2. The number of H-pyrrole nitrogens is 1. The summed E-state index contributed by atoms with van der Waals surface area (Å²) >= 11 is 0. The van der Waals surface area contributed by atoms with Gasteiger partial charge in [-0.2, -0.15) is 0 Å². The number of ether oxygens (including phenoxy) is 1. The smallest absolute Gasteiger partial charge is 0.339 e. The number of aryl methyl sites for hydroxylation is 2. The standard InChI is InChI=1S/C23H29N3O4/c1-14-7-5-8-17(11-14)12-24-21(27)18-9-6-10-26(13-18)22(28)20-15(2)19(16(3)25-20)23(29)30-4/h5,7-8,11,18,25H,6,9-10,12-13H2,1-4H3,(H,24,27). The van der Waals surface area contributed by atoms with E-state index in [-0.39, 0.29) is 17.7 Å². The van der Waals surface area contributed by atoms with Gasteiger partial charge in [-0.3, -0.25) is 9.59 Å². The zero-order valence-corrected chi connectivity index (χ0v) is 18.0. The van der Waals surface area contributed by atoms with Gasteiger partial charge in [0, 0.05) is 25.3 Å². The maximum atomic E-state index is 13.1. The molecule has 1 saturated heterocycles. The summed E-state index contributed by atoms with van der Waals surface area (Å²) in [6.07, 6.45) is 1.51. The molecule has 30 heavy (non-hydrogen) atoms. The van der Waals surface area contributed by atoms with Crippen molar-refractivity contribution in [3.05, 3.63) is 57.9 Å². The Kier molecular flexibility index (Phi) is 6.59. The van der Waals surface area contributed by atoms with Gasteiger partial charge in [-0.05, 0) is 44.7 Å². The van der Waals surface area contributed by atoms with Crippen molar-refractivity contribution in [1.82, 2.24) is 15.2 Å². The van der Waals surface area contributed by atoms with E-state index in [1.807, 2.05) is 31.2 Å². The van der Waals surface area contributed by atoms with Gasteiger partial charge >= 0.3 is 5.97 Å². The highest BCUT2D eigenvalue weighted by molar-refractivity contribution is 6.00. The molecule has 2 N–H and O–H groups in total. The summed E-state index contributed by atoms with van der Waals surface area (Å²) in [6, 6.07) is 8.03. The Morgan fingerprint density at radius 1 is 1.23 bits per heavy atom. The van der Waals surface area contributed by atoms with Crippen LogP contribution in [0.4, 0.5) is 0 Å². The molecule has 0 radical (unpaired) electrons. The molecule has 1 atom stereocenters. The lowest BCUT2D eigenvalue weighted by Crippen LogP contribution is -2.45. The average Bonchev–Trinajstić information content (AvgIpc) is 3.05. The summed E-state index contributed by atoms with van der Waals surface area (Å²) in [5, 5.41) is 3.00. The van der Waals surface area contributed by atoms with E-state index in [4.69, 9.17) is 4.74 Å². The molecule has 0 saturated carbocycles. The highest BCUT2D eigenvalue weighted by atomic mass is 16.5. The Hall–Kier alpha value is -3.09. The van der Waals surface area contributed by atoms with E-state index < -0.39 is 5.97 Å². The Morgan fingerprint density at radius 2 is 2.00 bits per heavy atom. The topological polar surface area (TPSA) is 91.5 Å². The number of carbonyl (C=O) groups is 3. The highest BCUT2D eigenvalue weighted by Gasteiger charge is 2.31. The van der Waals surface area contributed by atoms with E-state index in [1.165, 1.54) is 7.11 Å². The fraction of sp³-hybridized carbons (Fsp3) is 0.435. The number of nitrogens with zero attached hydrogens (tertiary/aromatic N) is 1. The molecule has 7 heteroatoms. The van der Waals surface area contributed by atoms with Gasteiger partial charge in [0.2, 0.25) is 5.91 Å². The number of aromatic nitrogens is 1. The van der Waals surface area contributed by atoms with Crippen LogP contribution in [0, 0.1) is 26.7 Å². The van der Waals surface area contributed by atoms with Crippen molar-refractivity contribution in [2.75, 3.05) is 20.2 Å². The number of benzene rings is 1. The molecular formula is C23H29N3O4. The minimum atomic E-state index is -0.465. The van der Waals surface area contributed by atoms with E-state index in [1.54, 1.807) is 18.7 Å². The number of carbonyl (C=O) groups excluding carboxylic acids is 3. The minimum absolute atomic E-state index is 0.0383. The Balaban J connectivity index is 1.66. The number of rotatable bonds is 5. The fourth-order valence-corrected chi connectivity index (χ4v) is 4.06. The molecule has 1 aromatic heterocycles. The van der Waals surface area contributed by atoms with Gasteiger partial charge in [-0.15, -0.1) is 0 Å². The molecule has 2 aromatic rings. The van der Waals surface area contributed by atoms with Gasteiger partial charge in [-0.1, -0.05) is 29.8 Å². The number of likely N-dealkylation sites (tertiary alicyclic amines) is 1. The predicted octanol–water partition coefficient (Wildman–Crippen LogP) is 2.90. The van der Waals surface area contributed by atoms with Crippen LogP contribution in [-0.4, -0.2) is 47.9 Å².